The van der Waals surface area contributed by atoms with E-state index in [4.69, 9.17) is 11.6 Å². The highest BCUT2D eigenvalue weighted by atomic mass is 35.5. The Hall–Kier alpha value is -1.61. The molecule has 3 nitrogen and oxygen atoms in total. The molecule has 19 heavy (non-hydrogen) atoms. The van der Waals surface area contributed by atoms with Gasteiger partial charge < -0.3 is 0 Å². The van der Waals surface area contributed by atoms with E-state index in [-0.39, 0.29) is 5.54 Å². The minimum absolute atomic E-state index is 0.267. The van der Waals surface area contributed by atoms with Gasteiger partial charge in [0.25, 0.3) is 0 Å². The van der Waals surface area contributed by atoms with E-state index in [1.54, 1.807) is 4.68 Å². The quantitative estimate of drug-likeness (QED) is 0.775. The minimum atomic E-state index is -0.267. The van der Waals surface area contributed by atoms with Gasteiger partial charge >= 0.3 is 0 Å². The molecule has 0 fully saturated rings. The summed E-state index contributed by atoms with van der Waals surface area (Å²) in [5, 5.41) is 4.90. The van der Waals surface area contributed by atoms with Crippen molar-refractivity contribution in [1.29, 1.82) is 0 Å². The van der Waals surface area contributed by atoms with Crippen LogP contribution < -0.4 is 0 Å². The predicted molar refractivity (Wildman–Crippen MR) is 77.8 cm³/mol. The Bertz CT molecular complexity index is 624. The van der Waals surface area contributed by atoms with Gasteiger partial charge in [-0.15, -0.1) is 0 Å². The average molecular weight is 277 g/mol. The van der Waals surface area contributed by atoms with E-state index in [9.17, 15) is 4.79 Å². The molecule has 0 atom stereocenters. The van der Waals surface area contributed by atoms with Gasteiger partial charge in [-0.25, -0.2) is 4.68 Å². The summed E-state index contributed by atoms with van der Waals surface area (Å²) >= 11 is 6.27. The Balaban J connectivity index is 2.68. The smallest absolute Gasteiger partial charge is 0.155 e. The van der Waals surface area contributed by atoms with Gasteiger partial charge in [0.2, 0.25) is 0 Å². The van der Waals surface area contributed by atoms with Gasteiger partial charge in [-0.2, -0.15) is 5.10 Å². The molecule has 0 aliphatic carbocycles. The first kappa shape index (κ1) is 13.8. The maximum atomic E-state index is 11.3. The van der Waals surface area contributed by atoms with E-state index in [1.807, 2.05) is 52.0 Å². The van der Waals surface area contributed by atoms with Crippen molar-refractivity contribution in [3.05, 3.63) is 40.5 Å². The lowest BCUT2D eigenvalue weighted by Gasteiger charge is -2.20. The zero-order valence-corrected chi connectivity index (χ0v) is 12.3. The molecule has 0 N–H and O–H groups in total. The third kappa shape index (κ3) is 2.56. The summed E-state index contributed by atoms with van der Waals surface area (Å²) < 4.78 is 1.69. The fourth-order valence-electron chi connectivity index (χ4n) is 1.96. The third-order valence-electron chi connectivity index (χ3n) is 2.91. The molecule has 0 aliphatic heterocycles. The number of rotatable bonds is 2. The summed E-state index contributed by atoms with van der Waals surface area (Å²) in [6.45, 7) is 8.01. The lowest BCUT2D eigenvalue weighted by atomic mass is 10.1. The summed E-state index contributed by atoms with van der Waals surface area (Å²) in [7, 11) is 0. The van der Waals surface area contributed by atoms with Crippen LogP contribution in [0.15, 0.2) is 24.3 Å². The first-order valence-corrected chi connectivity index (χ1v) is 6.53. The monoisotopic (exact) mass is 276 g/mol. The van der Waals surface area contributed by atoms with Crippen molar-refractivity contribution in [3.8, 4) is 11.3 Å². The second-order valence-electron chi connectivity index (χ2n) is 5.62. The number of aryl methyl sites for hydroxylation is 1. The van der Waals surface area contributed by atoms with E-state index in [2.05, 4.69) is 5.10 Å². The van der Waals surface area contributed by atoms with E-state index in [0.717, 1.165) is 17.4 Å². The molecule has 1 aromatic carbocycles. The Morgan fingerprint density at radius 2 is 2.00 bits per heavy atom. The van der Waals surface area contributed by atoms with Gasteiger partial charge in [0, 0.05) is 5.56 Å². The minimum Gasteiger partial charge on any atom is -0.298 e. The largest absolute Gasteiger partial charge is 0.298 e. The molecule has 0 amide bonds. The van der Waals surface area contributed by atoms with Crippen LogP contribution in [-0.2, 0) is 5.54 Å². The zero-order chi connectivity index (χ0) is 14.2. The number of aromatic nitrogens is 2. The topological polar surface area (TPSA) is 34.9 Å². The van der Waals surface area contributed by atoms with Crippen LogP contribution in [0.5, 0.6) is 0 Å². The van der Waals surface area contributed by atoms with Crippen molar-refractivity contribution in [2.45, 2.75) is 33.2 Å². The molecule has 0 unspecified atom stereocenters. The van der Waals surface area contributed by atoms with Gasteiger partial charge in [-0.05, 0) is 33.8 Å². The van der Waals surface area contributed by atoms with Crippen LogP contribution in [0.3, 0.4) is 0 Å². The number of nitrogens with zero attached hydrogens (tertiary/aromatic N) is 2. The number of aldehydes is 1. The van der Waals surface area contributed by atoms with Crippen LogP contribution in [-0.4, -0.2) is 16.1 Å². The lowest BCUT2D eigenvalue weighted by Crippen LogP contribution is -2.23. The predicted octanol–water partition coefficient (Wildman–Crippen LogP) is 4.08. The van der Waals surface area contributed by atoms with E-state index in [0.29, 0.717) is 16.4 Å². The first-order chi connectivity index (χ1) is 8.84. The normalized spacial score (nSPS) is 11.6. The fraction of sp³-hybridized carbons (Fsp3) is 0.333. The van der Waals surface area contributed by atoms with Gasteiger partial charge in [0.05, 0.1) is 11.1 Å². The van der Waals surface area contributed by atoms with Crippen molar-refractivity contribution < 1.29 is 4.79 Å². The van der Waals surface area contributed by atoms with Gasteiger partial charge in [0.15, 0.2) is 6.29 Å². The fourth-order valence-corrected chi connectivity index (χ4v) is 2.39. The van der Waals surface area contributed by atoms with Crippen molar-refractivity contribution in [1.82, 2.24) is 9.78 Å². The summed E-state index contributed by atoms with van der Waals surface area (Å²) in [5.74, 6) is 0. The second kappa shape index (κ2) is 4.82. The Labute approximate surface area is 118 Å². The summed E-state index contributed by atoms with van der Waals surface area (Å²) in [5.41, 5.74) is 2.85. The van der Waals surface area contributed by atoms with Gasteiger partial charge in [-0.1, -0.05) is 35.4 Å². The van der Waals surface area contributed by atoms with Crippen LogP contribution in [0.4, 0.5) is 0 Å². The Morgan fingerprint density at radius 1 is 1.32 bits per heavy atom. The number of carbonyl (C=O) groups is 1. The van der Waals surface area contributed by atoms with Crippen molar-refractivity contribution >= 4 is 17.9 Å². The van der Waals surface area contributed by atoms with E-state index in [1.165, 1.54) is 0 Å². The number of hydrogen-bond acceptors (Lipinski definition) is 2. The molecule has 4 heteroatoms. The molecule has 2 rings (SSSR count). The molecular weight excluding hydrogens is 260 g/mol. The standard InChI is InChI=1S/C15H17ClN2O/c1-10-6-5-7-11(8-10)13-12(9-19)14(16)18(17-13)15(2,3)4/h5-9H,1-4H3. The number of hydrogen-bond donors (Lipinski definition) is 0. The van der Waals surface area contributed by atoms with Crippen molar-refractivity contribution in [2.24, 2.45) is 0 Å². The van der Waals surface area contributed by atoms with E-state index < -0.39 is 0 Å². The van der Waals surface area contributed by atoms with Crippen LogP contribution in [0.2, 0.25) is 5.15 Å². The van der Waals surface area contributed by atoms with Crippen molar-refractivity contribution in [2.75, 3.05) is 0 Å². The van der Waals surface area contributed by atoms with Crippen molar-refractivity contribution in [3.63, 3.8) is 0 Å². The summed E-state index contributed by atoms with van der Waals surface area (Å²) in [6.07, 6.45) is 0.773. The van der Waals surface area contributed by atoms with Crippen LogP contribution in [0, 0.1) is 6.92 Å². The molecule has 0 saturated heterocycles. The van der Waals surface area contributed by atoms with Crippen LogP contribution in [0.1, 0.15) is 36.7 Å². The highest BCUT2D eigenvalue weighted by molar-refractivity contribution is 6.32. The summed E-state index contributed by atoms with van der Waals surface area (Å²) in [4.78, 5) is 11.3. The molecular formula is C15H17ClN2O. The maximum Gasteiger partial charge on any atom is 0.155 e. The molecule has 100 valence electrons. The molecule has 0 radical (unpaired) electrons. The Morgan fingerprint density at radius 3 is 2.53 bits per heavy atom. The second-order valence-corrected chi connectivity index (χ2v) is 5.98. The SMILES string of the molecule is Cc1cccc(-c2nn(C(C)(C)C)c(Cl)c2C=O)c1. The number of benzene rings is 1. The highest BCUT2D eigenvalue weighted by Crippen LogP contribution is 2.31. The first-order valence-electron chi connectivity index (χ1n) is 6.16. The third-order valence-corrected chi connectivity index (χ3v) is 3.27. The number of carbonyl (C=O) groups excluding carboxylic acids is 1. The molecule has 1 heterocycles. The summed E-state index contributed by atoms with van der Waals surface area (Å²) in [6, 6.07) is 7.89. The molecule has 1 aromatic heterocycles. The zero-order valence-electron chi connectivity index (χ0n) is 11.6. The maximum absolute atomic E-state index is 11.3. The van der Waals surface area contributed by atoms with Gasteiger partial charge in [0.1, 0.15) is 10.8 Å². The molecule has 0 saturated carbocycles. The van der Waals surface area contributed by atoms with E-state index >= 15 is 0 Å². The Kier molecular flexibility index (Phi) is 3.50. The molecule has 0 bridgehead atoms. The van der Waals surface area contributed by atoms with Crippen LogP contribution >= 0.6 is 11.6 Å². The molecule has 0 spiro atoms. The lowest BCUT2D eigenvalue weighted by molar-refractivity contribution is 0.112. The van der Waals surface area contributed by atoms with Crippen LogP contribution in [0.25, 0.3) is 11.3 Å². The average Bonchev–Trinajstić information content (AvgIpc) is 2.66. The highest BCUT2D eigenvalue weighted by Gasteiger charge is 2.24. The number of halogens is 1. The molecule has 0 aliphatic rings. The molecule has 2 aromatic rings. The van der Waals surface area contributed by atoms with Gasteiger partial charge in [-0.3, -0.25) is 4.79 Å².